The van der Waals surface area contributed by atoms with Gasteiger partial charge in [0.1, 0.15) is 6.54 Å². The van der Waals surface area contributed by atoms with Crippen LogP contribution >= 0.6 is 0 Å². The van der Waals surface area contributed by atoms with Crippen molar-refractivity contribution in [2.75, 3.05) is 13.1 Å². The van der Waals surface area contributed by atoms with E-state index in [-0.39, 0.29) is 23.9 Å². The summed E-state index contributed by atoms with van der Waals surface area (Å²) in [5, 5.41) is 2.75. The first-order chi connectivity index (χ1) is 9.69. The molecule has 6 nitrogen and oxygen atoms in total. The van der Waals surface area contributed by atoms with Gasteiger partial charge in [0.15, 0.2) is 6.10 Å². The molecular weight excluding hydrogens is 272 g/mol. The maximum absolute atomic E-state index is 11.9. The van der Waals surface area contributed by atoms with E-state index in [4.69, 9.17) is 4.74 Å². The number of nitrogens with one attached hydrogen (secondary N) is 1. The van der Waals surface area contributed by atoms with Gasteiger partial charge in [0, 0.05) is 18.5 Å². The molecule has 0 radical (unpaired) electrons. The van der Waals surface area contributed by atoms with Crippen LogP contribution in [0, 0.1) is 0 Å². The van der Waals surface area contributed by atoms with Gasteiger partial charge in [0.05, 0.1) is 0 Å². The number of ether oxygens (including phenoxy) is 1. The maximum Gasteiger partial charge on any atom is 0.326 e. The van der Waals surface area contributed by atoms with E-state index in [0.29, 0.717) is 13.0 Å². The van der Waals surface area contributed by atoms with Gasteiger partial charge in [-0.3, -0.25) is 14.4 Å². The number of hydrogen-bond donors (Lipinski definition) is 1. The van der Waals surface area contributed by atoms with Crippen molar-refractivity contribution in [3.8, 4) is 0 Å². The van der Waals surface area contributed by atoms with Crippen LogP contribution in [0.1, 0.15) is 53.4 Å². The Balaban J connectivity index is 2.45. The molecule has 0 spiro atoms. The minimum absolute atomic E-state index is 0.0174. The summed E-state index contributed by atoms with van der Waals surface area (Å²) in [6.45, 7) is 7.60. The minimum Gasteiger partial charge on any atom is -0.451 e. The molecule has 1 N–H and O–H groups in total. The Bertz CT molecular complexity index is 401. The maximum atomic E-state index is 11.9. The molecule has 1 rings (SSSR count). The average Bonchev–Trinajstić information content (AvgIpc) is 2.52. The molecule has 1 atom stereocenters. The van der Waals surface area contributed by atoms with Crippen LogP contribution in [-0.2, 0) is 19.1 Å². The number of rotatable bonds is 4. The minimum atomic E-state index is -0.862. The van der Waals surface area contributed by atoms with E-state index < -0.39 is 12.1 Å². The summed E-state index contributed by atoms with van der Waals surface area (Å²) in [6.07, 6.45) is 2.39. The molecule has 1 fully saturated rings. The van der Waals surface area contributed by atoms with Crippen LogP contribution in [0.3, 0.4) is 0 Å². The van der Waals surface area contributed by atoms with E-state index in [2.05, 4.69) is 5.32 Å². The normalized spacial score (nSPS) is 17.9. The highest BCUT2D eigenvalue weighted by atomic mass is 16.5. The Morgan fingerprint density at radius 2 is 1.95 bits per heavy atom. The van der Waals surface area contributed by atoms with E-state index >= 15 is 0 Å². The standard InChI is InChI=1S/C15H26N2O4/c1-11(14(20)16-15(2,3)4)21-13(19)10-17-9-7-5-6-8-12(17)18/h11H,5-10H2,1-4H3,(H,16,20). The molecule has 1 heterocycles. The van der Waals surface area contributed by atoms with Gasteiger partial charge in [-0.15, -0.1) is 0 Å². The topological polar surface area (TPSA) is 75.7 Å². The second kappa shape index (κ2) is 7.43. The van der Waals surface area contributed by atoms with Crippen molar-refractivity contribution in [1.29, 1.82) is 0 Å². The second-order valence-electron chi connectivity index (χ2n) is 6.50. The number of hydrogen-bond acceptors (Lipinski definition) is 4. The molecule has 1 unspecified atom stereocenters. The number of carbonyl (C=O) groups excluding carboxylic acids is 3. The van der Waals surface area contributed by atoms with Gasteiger partial charge < -0.3 is 15.0 Å². The third-order valence-corrected chi connectivity index (χ3v) is 3.17. The molecule has 1 aliphatic rings. The fourth-order valence-corrected chi connectivity index (χ4v) is 2.12. The zero-order valence-corrected chi connectivity index (χ0v) is 13.4. The van der Waals surface area contributed by atoms with Crippen molar-refractivity contribution < 1.29 is 19.1 Å². The third-order valence-electron chi connectivity index (χ3n) is 3.17. The lowest BCUT2D eigenvalue weighted by atomic mass is 10.1. The number of amides is 2. The molecule has 120 valence electrons. The van der Waals surface area contributed by atoms with Crippen LogP contribution in [-0.4, -0.2) is 47.4 Å². The largest absolute Gasteiger partial charge is 0.451 e. The monoisotopic (exact) mass is 298 g/mol. The molecule has 0 bridgehead atoms. The summed E-state index contributed by atoms with van der Waals surface area (Å²) >= 11 is 0. The Morgan fingerprint density at radius 1 is 1.29 bits per heavy atom. The van der Waals surface area contributed by atoms with E-state index in [0.717, 1.165) is 19.3 Å². The Hall–Kier alpha value is -1.59. The summed E-state index contributed by atoms with van der Waals surface area (Å²) in [5.41, 5.74) is -0.376. The average molecular weight is 298 g/mol. The molecule has 0 aliphatic carbocycles. The Kier molecular flexibility index (Phi) is 6.18. The molecule has 21 heavy (non-hydrogen) atoms. The van der Waals surface area contributed by atoms with E-state index in [1.54, 1.807) is 0 Å². The van der Waals surface area contributed by atoms with Crippen molar-refractivity contribution >= 4 is 17.8 Å². The van der Waals surface area contributed by atoms with Gasteiger partial charge in [-0.2, -0.15) is 0 Å². The summed E-state index contributed by atoms with van der Waals surface area (Å²) < 4.78 is 5.11. The van der Waals surface area contributed by atoms with Crippen LogP contribution in [0.15, 0.2) is 0 Å². The fourth-order valence-electron chi connectivity index (χ4n) is 2.12. The van der Waals surface area contributed by atoms with Crippen LogP contribution < -0.4 is 5.32 Å². The number of carbonyl (C=O) groups is 3. The highest BCUT2D eigenvalue weighted by Gasteiger charge is 2.25. The quantitative estimate of drug-likeness (QED) is 0.792. The van der Waals surface area contributed by atoms with Crippen molar-refractivity contribution in [3.63, 3.8) is 0 Å². The van der Waals surface area contributed by atoms with Gasteiger partial charge in [0.25, 0.3) is 5.91 Å². The molecule has 0 aromatic rings. The molecule has 0 aromatic carbocycles. The second-order valence-corrected chi connectivity index (χ2v) is 6.50. The predicted octanol–water partition coefficient (Wildman–Crippen LogP) is 1.24. The van der Waals surface area contributed by atoms with Crippen LogP contribution in [0.5, 0.6) is 0 Å². The lowest BCUT2D eigenvalue weighted by molar-refractivity contribution is -0.158. The van der Waals surface area contributed by atoms with Gasteiger partial charge in [-0.25, -0.2) is 0 Å². The van der Waals surface area contributed by atoms with Crippen molar-refractivity contribution in [2.24, 2.45) is 0 Å². The van der Waals surface area contributed by atoms with Crippen LogP contribution in [0.2, 0.25) is 0 Å². The molecule has 0 aromatic heterocycles. The zero-order valence-electron chi connectivity index (χ0n) is 13.4. The molecular formula is C15H26N2O4. The van der Waals surface area contributed by atoms with E-state index in [1.165, 1.54) is 11.8 Å². The summed E-state index contributed by atoms with van der Waals surface area (Å²) in [6, 6.07) is 0. The lowest BCUT2D eigenvalue weighted by Crippen LogP contribution is -2.47. The first kappa shape index (κ1) is 17.5. The fraction of sp³-hybridized carbons (Fsp3) is 0.800. The predicted molar refractivity (Wildman–Crippen MR) is 78.5 cm³/mol. The first-order valence-corrected chi connectivity index (χ1v) is 7.48. The summed E-state index contributed by atoms with van der Waals surface area (Å²) in [4.78, 5) is 37.0. The molecule has 2 amide bonds. The number of esters is 1. The number of nitrogens with zero attached hydrogens (tertiary/aromatic N) is 1. The Labute approximate surface area is 126 Å². The molecule has 1 aliphatic heterocycles. The number of likely N-dealkylation sites (tertiary alicyclic amines) is 1. The molecule has 6 heteroatoms. The van der Waals surface area contributed by atoms with E-state index in [1.807, 2.05) is 20.8 Å². The van der Waals surface area contributed by atoms with Gasteiger partial charge in [0.2, 0.25) is 5.91 Å². The van der Waals surface area contributed by atoms with Gasteiger partial charge in [-0.05, 0) is 40.5 Å². The zero-order chi connectivity index (χ0) is 16.0. The molecule has 0 saturated carbocycles. The Morgan fingerprint density at radius 3 is 2.57 bits per heavy atom. The van der Waals surface area contributed by atoms with E-state index in [9.17, 15) is 14.4 Å². The van der Waals surface area contributed by atoms with Crippen molar-refractivity contribution in [3.05, 3.63) is 0 Å². The van der Waals surface area contributed by atoms with Crippen LogP contribution in [0.4, 0.5) is 0 Å². The molecule has 1 saturated heterocycles. The highest BCUT2D eigenvalue weighted by Crippen LogP contribution is 2.11. The third kappa shape index (κ3) is 6.60. The van der Waals surface area contributed by atoms with Crippen molar-refractivity contribution in [2.45, 2.75) is 65.0 Å². The lowest BCUT2D eigenvalue weighted by Gasteiger charge is -2.24. The summed E-state index contributed by atoms with van der Waals surface area (Å²) in [5.74, 6) is -0.893. The SMILES string of the molecule is CC(OC(=O)CN1CCCCCC1=O)C(=O)NC(C)(C)C. The van der Waals surface area contributed by atoms with Gasteiger partial charge in [-0.1, -0.05) is 6.42 Å². The van der Waals surface area contributed by atoms with Crippen LogP contribution in [0.25, 0.3) is 0 Å². The van der Waals surface area contributed by atoms with Gasteiger partial charge >= 0.3 is 5.97 Å². The smallest absolute Gasteiger partial charge is 0.326 e. The van der Waals surface area contributed by atoms with Crippen molar-refractivity contribution in [1.82, 2.24) is 10.2 Å². The summed E-state index contributed by atoms with van der Waals surface area (Å²) in [7, 11) is 0. The highest BCUT2D eigenvalue weighted by molar-refractivity contribution is 5.86. The first-order valence-electron chi connectivity index (χ1n) is 7.48.